The van der Waals surface area contributed by atoms with Crippen molar-refractivity contribution < 1.29 is 9.53 Å². The number of nitrogens with one attached hydrogen (secondary N) is 1. The van der Waals surface area contributed by atoms with E-state index in [2.05, 4.69) is 23.5 Å². The molecule has 0 fully saturated rings. The van der Waals surface area contributed by atoms with Crippen molar-refractivity contribution in [1.82, 2.24) is 5.32 Å². The van der Waals surface area contributed by atoms with Crippen molar-refractivity contribution in [3.05, 3.63) is 65.2 Å². The maximum atomic E-state index is 12.5. The van der Waals surface area contributed by atoms with Gasteiger partial charge in [-0.05, 0) is 49.4 Å². The van der Waals surface area contributed by atoms with Crippen LogP contribution in [0.4, 0.5) is 0 Å². The minimum atomic E-state index is -0.659. The Morgan fingerprint density at radius 2 is 2.00 bits per heavy atom. The molecule has 1 aliphatic rings. The molecule has 4 heteroatoms. The molecule has 4 nitrogen and oxygen atoms in total. The van der Waals surface area contributed by atoms with Crippen LogP contribution in [0.2, 0.25) is 0 Å². The number of hydrogen-bond acceptors (Lipinski definition) is 3. The number of rotatable bonds is 4. The van der Waals surface area contributed by atoms with Gasteiger partial charge < -0.3 is 10.1 Å². The number of fused-ring (bicyclic) bond motifs is 1. The molecule has 0 saturated heterocycles. The minimum absolute atomic E-state index is 0.0275. The molecule has 3 rings (SSSR count). The third kappa shape index (κ3) is 3.41. The Balaban J connectivity index is 1.68. The minimum Gasteiger partial charge on any atom is -0.480 e. The second-order valence-electron chi connectivity index (χ2n) is 6.02. The summed E-state index contributed by atoms with van der Waals surface area (Å²) in [4.78, 5) is 12.5. The standard InChI is InChI=1S/C20H20N2O2/c1-14(24-19-12-5-3-8-16(19)13-21)20(23)22-18-11-6-9-15-7-2-4-10-17(15)18/h2-5,7-8,10,12,14,18H,6,9,11H2,1H3,(H,22,23)/t14-,18+/m0/s1. The lowest BCUT2D eigenvalue weighted by Gasteiger charge is -2.27. The zero-order valence-corrected chi connectivity index (χ0v) is 13.7. The highest BCUT2D eigenvalue weighted by Crippen LogP contribution is 2.29. The maximum absolute atomic E-state index is 12.5. The van der Waals surface area contributed by atoms with Crippen LogP contribution in [-0.2, 0) is 11.2 Å². The topological polar surface area (TPSA) is 62.1 Å². The highest BCUT2D eigenvalue weighted by Gasteiger charge is 2.24. The number of carbonyl (C=O) groups is 1. The van der Waals surface area contributed by atoms with Gasteiger partial charge in [-0.2, -0.15) is 5.26 Å². The summed E-state index contributed by atoms with van der Waals surface area (Å²) in [6.07, 6.45) is 2.40. The van der Waals surface area contributed by atoms with Crippen LogP contribution >= 0.6 is 0 Å². The molecule has 24 heavy (non-hydrogen) atoms. The molecule has 1 amide bonds. The summed E-state index contributed by atoms with van der Waals surface area (Å²) in [5.74, 6) is 0.274. The van der Waals surface area contributed by atoms with E-state index in [-0.39, 0.29) is 11.9 Å². The summed E-state index contributed by atoms with van der Waals surface area (Å²) in [6.45, 7) is 1.71. The zero-order chi connectivity index (χ0) is 16.9. The van der Waals surface area contributed by atoms with E-state index in [1.54, 1.807) is 31.2 Å². The average molecular weight is 320 g/mol. The first kappa shape index (κ1) is 16.1. The first-order valence-electron chi connectivity index (χ1n) is 8.23. The normalized spacial score (nSPS) is 17.2. The van der Waals surface area contributed by atoms with E-state index in [4.69, 9.17) is 10.00 Å². The van der Waals surface area contributed by atoms with Gasteiger partial charge in [-0.25, -0.2) is 0 Å². The number of carbonyl (C=O) groups excluding carboxylic acids is 1. The van der Waals surface area contributed by atoms with Crippen LogP contribution in [-0.4, -0.2) is 12.0 Å². The number of hydrogen-bond donors (Lipinski definition) is 1. The molecule has 0 aromatic heterocycles. The predicted octanol–water partition coefficient (Wildman–Crippen LogP) is 3.52. The Hall–Kier alpha value is -2.80. The molecule has 2 aromatic carbocycles. The quantitative estimate of drug-likeness (QED) is 0.937. The lowest BCUT2D eigenvalue weighted by Crippen LogP contribution is -2.39. The predicted molar refractivity (Wildman–Crippen MR) is 91.5 cm³/mol. The highest BCUT2D eigenvalue weighted by molar-refractivity contribution is 5.81. The van der Waals surface area contributed by atoms with Crippen LogP contribution in [0.25, 0.3) is 0 Å². The average Bonchev–Trinajstić information content (AvgIpc) is 2.62. The van der Waals surface area contributed by atoms with Gasteiger partial charge >= 0.3 is 0 Å². The van der Waals surface area contributed by atoms with E-state index >= 15 is 0 Å². The van der Waals surface area contributed by atoms with Crippen LogP contribution in [0.1, 0.15) is 42.5 Å². The SMILES string of the molecule is C[C@H](Oc1ccccc1C#N)C(=O)N[C@@H]1CCCc2ccccc21. The lowest BCUT2D eigenvalue weighted by molar-refractivity contribution is -0.128. The number of aryl methyl sites for hydroxylation is 1. The van der Waals surface area contributed by atoms with E-state index in [0.29, 0.717) is 11.3 Å². The summed E-state index contributed by atoms with van der Waals surface area (Å²) in [5.41, 5.74) is 2.93. The zero-order valence-electron chi connectivity index (χ0n) is 13.7. The number of benzene rings is 2. The molecule has 0 spiro atoms. The molecule has 1 N–H and O–H groups in total. The molecule has 1 aliphatic carbocycles. The highest BCUT2D eigenvalue weighted by atomic mass is 16.5. The molecular weight excluding hydrogens is 300 g/mol. The largest absolute Gasteiger partial charge is 0.480 e. The van der Waals surface area contributed by atoms with E-state index in [1.807, 2.05) is 12.1 Å². The first-order valence-corrected chi connectivity index (χ1v) is 8.23. The summed E-state index contributed by atoms with van der Waals surface area (Å²) in [5, 5.41) is 12.2. The molecule has 0 heterocycles. The van der Waals surface area contributed by atoms with Gasteiger partial charge in [-0.3, -0.25) is 4.79 Å². The second kappa shape index (κ2) is 7.18. The molecule has 0 radical (unpaired) electrons. The fourth-order valence-electron chi connectivity index (χ4n) is 3.10. The molecular formula is C20H20N2O2. The van der Waals surface area contributed by atoms with Crippen LogP contribution in [0, 0.1) is 11.3 Å². The van der Waals surface area contributed by atoms with Gasteiger partial charge in [-0.15, -0.1) is 0 Å². The fraction of sp³-hybridized carbons (Fsp3) is 0.300. The third-order valence-corrected chi connectivity index (χ3v) is 4.37. The number of nitrogens with zero attached hydrogens (tertiary/aromatic N) is 1. The van der Waals surface area contributed by atoms with Gasteiger partial charge in [0.15, 0.2) is 6.10 Å². The van der Waals surface area contributed by atoms with Crippen molar-refractivity contribution >= 4 is 5.91 Å². The number of ether oxygens (including phenoxy) is 1. The molecule has 122 valence electrons. The van der Waals surface area contributed by atoms with E-state index < -0.39 is 6.10 Å². The first-order chi connectivity index (χ1) is 11.7. The molecule has 0 bridgehead atoms. The maximum Gasteiger partial charge on any atom is 0.261 e. The molecule has 0 unspecified atom stereocenters. The summed E-state index contributed by atoms with van der Waals surface area (Å²) >= 11 is 0. The van der Waals surface area contributed by atoms with Crippen molar-refractivity contribution in [2.24, 2.45) is 0 Å². The van der Waals surface area contributed by atoms with Crippen molar-refractivity contribution in [1.29, 1.82) is 5.26 Å². The van der Waals surface area contributed by atoms with Crippen LogP contribution in [0.5, 0.6) is 5.75 Å². The Morgan fingerprint density at radius 1 is 1.25 bits per heavy atom. The Bertz CT molecular complexity index is 779. The summed E-state index contributed by atoms with van der Waals surface area (Å²) < 4.78 is 5.69. The fourth-order valence-corrected chi connectivity index (χ4v) is 3.10. The van der Waals surface area contributed by atoms with Gasteiger partial charge in [0.05, 0.1) is 11.6 Å². The molecule has 0 aliphatic heterocycles. The van der Waals surface area contributed by atoms with Gasteiger partial charge in [0.1, 0.15) is 11.8 Å². The molecule has 2 atom stereocenters. The summed E-state index contributed by atoms with van der Waals surface area (Å²) in [6, 6.07) is 17.3. The number of amides is 1. The van der Waals surface area contributed by atoms with Crippen LogP contribution in [0.15, 0.2) is 48.5 Å². The van der Waals surface area contributed by atoms with Gasteiger partial charge in [0.2, 0.25) is 0 Å². The lowest BCUT2D eigenvalue weighted by atomic mass is 9.87. The van der Waals surface area contributed by atoms with Crippen LogP contribution in [0.3, 0.4) is 0 Å². The van der Waals surface area contributed by atoms with Crippen molar-refractivity contribution in [2.45, 2.75) is 38.3 Å². The van der Waals surface area contributed by atoms with Gasteiger partial charge in [-0.1, -0.05) is 36.4 Å². The van der Waals surface area contributed by atoms with E-state index in [1.165, 1.54) is 11.1 Å². The van der Waals surface area contributed by atoms with Crippen molar-refractivity contribution in [3.8, 4) is 11.8 Å². The Kier molecular flexibility index (Phi) is 4.81. The molecule has 0 saturated carbocycles. The third-order valence-electron chi connectivity index (χ3n) is 4.37. The van der Waals surface area contributed by atoms with Crippen molar-refractivity contribution in [2.75, 3.05) is 0 Å². The molecule has 2 aromatic rings. The van der Waals surface area contributed by atoms with E-state index in [0.717, 1.165) is 19.3 Å². The van der Waals surface area contributed by atoms with Crippen LogP contribution < -0.4 is 10.1 Å². The van der Waals surface area contributed by atoms with E-state index in [9.17, 15) is 4.79 Å². The number of nitriles is 1. The van der Waals surface area contributed by atoms with Crippen molar-refractivity contribution in [3.63, 3.8) is 0 Å². The second-order valence-corrected chi connectivity index (χ2v) is 6.02. The number of para-hydroxylation sites is 1. The smallest absolute Gasteiger partial charge is 0.261 e. The van der Waals surface area contributed by atoms with Gasteiger partial charge in [0, 0.05) is 0 Å². The van der Waals surface area contributed by atoms with Gasteiger partial charge in [0.25, 0.3) is 5.91 Å². The Morgan fingerprint density at radius 3 is 2.83 bits per heavy atom. The summed E-state index contributed by atoms with van der Waals surface area (Å²) in [7, 11) is 0. The monoisotopic (exact) mass is 320 g/mol. The Labute approximate surface area is 142 Å².